The lowest BCUT2D eigenvalue weighted by Crippen LogP contribution is -2.18. The molecule has 0 N–H and O–H groups in total. The molecule has 0 saturated heterocycles. The summed E-state index contributed by atoms with van der Waals surface area (Å²) in [6.45, 7) is 11.6. The van der Waals surface area contributed by atoms with Crippen molar-refractivity contribution in [3.05, 3.63) is 29.8 Å². The first kappa shape index (κ1) is 52.0. The first-order valence-corrected chi connectivity index (χ1v) is 23.9. The highest BCUT2D eigenvalue weighted by molar-refractivity contribution is 7.98. The number of hydrogen-bond donors (Lipinski definition) is 0. The maximum atomic E-state index is 12.6. The van der Waals surface area contributed by atoms with Crippen LogP contribution in [0.1, 0.15) is 214 Å². The standard InChI is InChI=1S/C43H74O6.C4H10S/c1-5-9-11-13-16-20-26-39(27-21-17-14-12-10-6-2)48-41(44)28-22-18-15-19-23-29-42(45)49-40-32-30-38(31-33-40)36-43(46)47-35-34-37(24-7-3)25-8-4;1-3-4-5-2/h30-33,37,39H,5-29,34-36H2,1-4H3;3-4H2,1-2H3. The molecule has 0 unspecified atom stereocenters. The summed E-state index contributed by atoms with van der Waals surface area (Å²) in [5.74, 6) is 1.92. The van der Waals surface area contributed by atoms with E-state index >= 15 is 0 Å². The van der Waals surface area contributed by atoms with Crippen LogP contribution in [-0.4, -0.2) is 42.6 Å². The monoisotopic (exact) mass is 777 g/mol. The van der Waals surface area contributed by atoms with Crippen LogP contribution in [-0.2, 0) is 30.3 Å². The minimum atomic E-state index is -0.244. The maximum absolute atomic E-state index is 12.6. The van der Waals surface area contributed by atoms with Crippen LogP contribution in [0.5, 0.6) is 5.75 Å². The van der Waals surface area contributed by atoms with E-state index in [0.717, 1.165) is 82.6 Å². The third-order valence-electron chi connectivity index (χ3n) is 9.91. The van der Waals surface area contributed by atoms with Gasteiger partial charge in [-0.2, -0.15) is 11.8 Å². The van der Waals surface area contributed by atoms with Crippen LogP contribution in [0.15, 0.2) is 24.3 Å². The number of esters is 3. The average Bonchev–Trinajstić information content (AvgIpc) is 3.15. The fourth-order valence-corrected chi connectivity index (χ4v) is 7.16. The van der Waals surface area contributed by atoms with E-state index in [0.29, 0.717) is 31.1 Å². The van der Waals surface area contributed by atoms with Crippen LogP contribution in [0.25, 0.3) is 0 Å². The predicted molar refractivity (Wildman–Crippen MR) is 232 cm³/mol. The van der Waals surface area contributed by atoms with Gasteiger partial charge in [0.2, 0.25) is 0 Å². The number of benzene rings is 1. The van der Waals surface area contributed by atoms with E-state index in [-0.39, 0.29) is 30.4 Å². The summed E-state index contributed by atoms with van der Waals surface area (Å²) in [5, 5.41) is 0. The molecule has 0 saturated carbocycles. The van der Waals surface area contributed by atoms with Gasteiger partial charge in [0.25, 0.3) is 0 Å². The van der Waals surface area contributed by atoms with Crippen molar-refractivity contribution in [3.8, 4) is 5.75 Å². The Labute approximate surface area is 337 Å². The molecule has 0 aromatic heterocycles. The van der Waals surface area contributed by atoms with Crippen LogP contribution in [0, 0.1) is 5.92 Å². The Morgan fingerprint density at radius 1 is 0.537 bits per heavy atom. The molecule has 314 valence electrons. The molecule has 0 fully saturated rings. The molecule has 0 atom stereocenters. The summed E-state index contributed by atoms with van der Waals surface area (Å²) in [6.07, 6.45) is 31.8. The summed E-state index contributed by atoms with van der Waals surface area (Å²) in [6, 6.07) is 7.11. The second-order valence-electron chi connectivity index (χ2n) is 15.2. The molecule has 1 aromatic rings. The summed E-state index contributed by atoms with van der Waals surface area (Å²) in [7, 11) is 0. The van der Waals surface area contributed by atoms with Crippen molar-refractivity contribution in [2.45, 2.75) is 221 Å². The van der Waals surface area contributed by atoms with Crippen molar-refractivity contribution in [1.29, 1.82) is 0 Å². The van der Waals surface area contributed by atoms with Gasteiger partial charge < -0.3 is 14.2 Å². The summed E-state index contributed by atoms with van der Waals surface area (Å²) in [5.41, 5.74) is 0.846. The van der Waals surface area contributed by atoms with Crippen molar-refractivity contribution in [2.75, 3.05) is 18.6 Å². The van der Waals surface area contributed by atoms with E-state index < -0.39 is 0 Å². The second-order valence-corrected chi connectivity index (χ2v) is 16.2. The fraction of sp³-hybridized carbons (Fsp3) is 0.809. The topological polar surface area (TPSA) is 78.9 Å². The average molecular weight is 777 g/mol. The van der Waals surface area contributed by atoms with Gasteiger partial charge in [-0.15, -0.1) is 0 Å². The van der Waals surface area contributed by atoms with Gasteiger partial charge in [-0.3, -0.25) is 14.4 Å². The normalized spacial score (nSPS) is 11.0. The van der Waals surface area contributed by atoms with Gasteiger partial charge in [0, 0.05) is 12.8 Å². The first-order chi connectivity index (χ1) is 26.3. The highest BCUT2D eigenvalue weighted by Gasteiger charge is 2.15. The molecule has 0 aliphatic carbocycles. The van der Waals surface area contributed by atoms with Crippen molar-refractivity contribution in [2.24, 2.45) is 5.92 Å². The number of thioether (sulfide) groups is 1. The number of carbonyl (C=O) groups is 3. The number of carbonyl (C=O) groups excluding carboxylic acids is 3. The lowest BCUT2D eigenvalue weighted by Gasteiger charge is -2.18. The lowest BCUT2D eigenvalue weighted by atomic mass is 9.95. The van der Waals surface area contributed by atoms with Gasteiger partial charge in [-0.05, 0) is 87.0 Å². The Morgan fingerprint density at radius 3 is 1.52 bits per heavy atom. The second kappa shape index (κ2) is 39.2. The molecular weight excluding hydrogens is 693 g/mol. The maximum Gasteiger partial charge on any atom is 0.311 e. The summed E-state index contributed by atoms with van der Waals surface area (Å²) < 4.78 is 16.9. The highest BCUT2D eigenvalue weighted by atomic mass is 32.2. The zero-order chi connectivity index (χ0) is 39.9. The molecule has 0 aliphatic rings. The summed E-state index contributed by atoms with van der Waals surface area (Å²) >= 11 is 1.90. The zero-order valence-corrected chi connectivity index (χ0v) is 36.9. The first-order valence-electron chi connectivity index (χ1n) is 22.5. The minimum absolute atomic E-state index is 0.0450. The molecule has 54 heavy (non-hydrogen) atoms. The molecule has 7 heteroatoms. The van der Waals surface area contributed by atoms with Gasteiger partial charge in [-0.25, -0.2) is 0 Å². The molecule has 1 aromatic carbocycles. The van der Waals surface area contributed by atoms with E-state index in [1.54, 1.807) is 12.1 Å². The fourth-order valence-electron chi connectivity index (χ4n) is 6.75. The Bertz CT molecular complexity index is 972. The smallest absolute Gasteiger partial charge is 0.311 e. The van der Waals surface area contributed by atoms with Gasteiger partial charge in [0.05, 0.1) is 13.0 Å². The van der Waals surface area contributed by atoms with E-state index in [1.165, 1.54) is 89.2 Å². The molecule has 6 nitrogen and oxygen atoms in total. The third-order valence-corrected chi connectivity index (χ3v) is 10.7. The van der Waals surface area contributed by atoms with Crippen LogP contribution >= 0.6 is 11.8 Å². The Morgan fingerprint density at radius 2 is 1.04 bits per heavy atom. The van der Waals surface area contributed by atoms with E-state index in [4.69, 9.17) is 14.2 Å². The van der Waals surface area contributed by atoms with Crippen molar-refractivity contribution < 1.29 is 28.6 Å². The molecule has 0 amide bonds. The Hall–Kier alpha value is -2.02. The van der Waals surface area contributed by atoms with Crippen molar-refractivity contribution in [1.82, 2.24) is 0 Å². The van der Waals surface area contributed by atoms with Crippen molar-refractivity contribution in [3.63, 3.8) is 0 Å². The molecule has 0 bridgehead atoms. The molecular formula is C47H84O6S. The predicted octanol–water partition coefficient (Wildman–Crippen LogP) is 14.2. The van der Waals surface area contributed by atoms with Crippen LogP contribution in [0.4, 0.5) is 0 Å². The molecule has 0 spiro atoms. The number of unbranched alkanes of at least 4 members (excludes halogenated alkanes) is 14. The number of ether oxygens (including phenoxy) is 3. The third kappa shape index (κ3) is 33.3. The van der Waals surface area contributed by atoms with Crippen LogP contribution < -0.4 is 4.74 Å². The SMILES string of the molecule is CCCCCCCCC(CCCCCCCC)OC(=O)CCCCCCCC(=O)Oc1ccc(CC(=O)OCCC(CCC)CCC)cc1.CCCSC. The number of hydrogen-bond acceptors (Lipinski definition) is 7. The molecule has 0 heterocycles. The van der Waals surface area contributed by atoms with Gasteiger partial charge >= 0.3 is 17.9 Å². The quantitative estimate of drug-likeness (QED) is 0.0386. The zero-order valence-electron chi connectivity index (χ0n) is 36.0. The van der Waals surface area contributed by atoms with Crippen LogP contribution in [0.3, 0.4) is 0 Å². The van der Waals surface area contributed by atoms with Crippen LogP contribution in [0.2, 0.25) is 0 Å². The molecule has 0 radical (unpaired) electrons. The Kier molecular flexibility index (Phi) is 37.8. The molecule has 0 aliphatic heterocycles. The van der Waals surface area contributed by atoms with E-state index in [1.807, 2.05) is 23.9 Å². The summed E-state index contributed by atoms with van der Waals surface area (Å²) in [4.78, 5) is 37.2. The van der Waals surface area contributed by atoms with Gasteiger partial charge in [0.15, 0.2) is 0 Å². The minimum Gasteiger partial charge on any atom is -0.465 e. The largest absolute Gasteiger partial charge is 0.465 e. The van der Waals surface area contributed by atoms with Crippen molar-refractivity contribution >= 4 is 29.7 Å². The number of rotatable bonds is 35. The lowest BCUT2D eigenvalue weighted by molar-refractivity contribution is -0.150. The molecule has 1 rings (SSSR count). The van der Waals surface area contributed by atoms with E-state index in [9.17, 15) is 14.4 Å². The Balaban J connectivity index is 0.00000524. The van der Waals surface area contributed by atoms with E-state index in [2.05, 4.69) is 40.9 Å². The highest BCUT2D eigenvalue weighted by Crippen LogP contribution is 2.20. The van der Waals surface area contributed by atoms with Gasteiger partial charge in [-0.1, -0.05) is 156 Å². The van der Waals surface area contributed by atoms with Gasteiger partial charge in [0.1, 0.15) is 11.9 Å².